The number of rotatable bonds is 5. The molecule has 4 fully saturated rings. The van der Waals surface area contributed by atoms with Crippen molar-refractivity contribution in [3.8, 4) is 0 Å². The molecule has 0 radical (unpaired) electrons. The molecule has 4 rings (SSSR count). The second-order valence-corrected chi connectivity index (χ2v) is 9.54. The van der Waals surface area contributed by atoms with Gasteiger partial charge in [-0.05, 0) is 66.6 Å². The largest absolute Gasteiger partial charge is 0.273 e. The zero-order valence-electron chi connectivity index (χ0n) is 14.1. The van der Waals surface area contributed by atoms with Gasteiger partial charge in [-0.2, -0.15) is 0 Å². The third-order valence-corrected chi connectivity index (χ3v) is 5.88. The Morgan fingerprint density at radius 1 is 1.14 bits per heavy atom. The Kier molecular flexibility index (Phi) is 3.63. The van der Waals surface area contributed by atoms with E-state index >= 15 is 0 Å². The average molecular weight is 293 g/mol. The predicted octanol–water partition coefficient (Wildman–Crippen LogP) is 4.08. The van der Waals surface area contributed by atoms with Gasteiger partial charge in [0.2, 0.25) is 5.91 Å². The van der Waals surface area contributed by atoms with E-state index in [1.165, 1.54) is 38.5 Å². The van der Waals surface area contributed by atoms with Crippen LogP contribution >= 0.6 is 0 Å². The van der Waals surface area contributed by atoms with Gasteiger partial charge in [-0.3, -0.25) is 9.63 Å². The van der Waals surface area contributed by atoms with Gasteiger partial charge in [0.15, 0.2) is 0 Å². The molecule has 0 aromatic carbocycles. The number of hydrogen-bond acceptors (Lipinski definition) is 2. The second kappa shape index (κ2) is 4.97. The van der Waals surface area contributed by atoms with Crippen LogP contribution in [0, 0.1) is 28.1 Å². The Bertz CT molecular complexity index is 413. The molecule has 0 spiro atoms. The number of carbonyl (C=O) groups excluding carboxylic acids is 1. The Hall–Kier alpha value is -0.570. The molecule has 1 N–H and O–H groups in total. The molecule has 4 saturated carbocycles. The van der Waals surface area contributed by atoms with Crippen molar-refractivity contribution in [1.82, 2.24) is 5.48 Å². The highest BCUT2D eigenvalue weighted by Gasteiger charge is 2.60. The molecule has 2 atom stereocenters. The van der Waals surface area contributed by atoms with Crippen molar-refractivity contribution in [3.05, 3.63) is 0 Å². The summed E-state index contributed by atoms with van der Waals surface area (Å²) in [4.78, 5) is 17.6. The highest BCUT2D eigenvalue weighted by Crippen LogP contribution is 2.70. The Balaban J connectivity index is 1.63. The molecule has 0 heterocycles. The van der Waals surface area contributed by atoms with Crippen molar-refractivity contribution in [2.75, 3.05) is 6.61 Å². The third kappa shape index (κ3) is 3.13. The van der Waals surface area contributed by atoms with E-state index in [2.05, 4.69) is 33.2 Å². The van der Waals surface area contributed by atoms with Crippen LogP contribution in [-0.2, 0) is 9.63 Å². The first-order chi connectivity index (χ1) is 9.72. The van der Waals surface area contributed by atoms with Crippen LogP contribution in [0.25, 0.3) is 0 Å². The van der Waals surface area contributed by atoms with Crippen LogP contribution in [0.2, 0.25) is 0 Å². The number of nitrogens with one attached hydrogen (secondary N) is 1. The molecule has 4 bridgehead atoms. The molecule has 120 valence electrons. The van der Waals surface area contributed by atoms with Gasteiger partial charge in [0.1, 0.15) is 0 Å². The van der Waals surface area contributed by atoms with E-state index in [1.54, 1.807) is 0 Å². The van der Waals surface area contributed by atoms with Crippen LogP contribution in [0.1, 0.15) is 72.6 Å². The SMILES string of the molecule is CC(C)CONC(=O)CC12CC3CC(C)(CC(C)(C3)C1)C2. The van der Waals surface area contributed by atoms with Gasteiger partial charge in [-0.25, -0.2) is 5.48 Å². The van der Waals surface area contributed by atoms with Crippen LogP contribution < -0.4 is 5.48 Å². The van der Waals surface area contributed by atoms with E-state index in [0.717, 1.165) is 5.92 Å². The van der Waals surface area contributed by atoms with Crippen molar-refractivity contribution in [3.63, 3.8) is 0 Å². The van der Waals surface area contributed by atoms with Crippen molar-refractivity contribution in [2.24, 2.45) is 28.1 Å². The highest BCUT2D eigenvalue weighted by molar-refractivity contribution is 5.75. The number of hydrogen-bond donors (Lipinski definition) is 1. The van der Waals surface area contributed by atoms with E-state index < -0.39 is 0 Å². The lowest BCUT2D eigenvalue weighted by Crippen LogP contribution is -2.56. The van der Waals surface area contributed by atoms with E-state index in [1.807, 2.05) is 0 Å². The summed E-state index contributed by atoms with van der Waals surface area (Å²) in [6.45, 7) is 9.69. The van der Waals surface area contributed by atoms with Crippen molar-refractivity contribution < 1.29 is 9.63 Å². The van der Waals surface area contributed by atoms with Gasteiger partial charge >= 0.3 is 0 Å². The van der Waals surface area contributed by atoms with E-state index in [4.69, 9.17) is 4.84 Å². The fourth-order valence-corrected chi connectivity index (χ4v) is 6.55. The molecule has 2 unspecified atom stereocenters. The monoisotopic (exact) mass is 293 g/mol. The lowest BCUT2D eigenvalue weighted by Gasteiger charge is -2.65. The highest BCUT2D eigenvalue weighted by atomic mass is 16.6. The maximum Gasteiger partial charge on any atom is 0.244 e. The normalized spacial score (nSPS) is 44.3. The van der Waals surface area contributed by atoms with Gasteiger partial charge in [-0.15, -0.1) is 0 Å². The zero-order valence-corrected chi connectivity index (χ0v) is 14.1. The number of carbonyl (C=O) groups is 1. The molecule has 3 nitrogen and oxygen atoms in total. The standard InChI is InChI=1S/C18H31NO2/c1-13(2)9-21-19-15(20)8-18-7-14-5-16(3,11-18)10-17(4,6-14)12-18/h13-14H,5-12H2,1-4H3,(H,19,20). The Morgan fingerprint density at radius 3 is 2.29 bits per heavy atom. The molecule has 0 saturated heterocycles. The lowest BCUT2D eigenvalue weighted by molar-refractivity contribution is -0.162. The minimum atomic E-state index is 0.0878. The van der Waals surface area contributed by atoms with Gasteiger partial charge in [0.05, 0.1) is 6.61 Å². The van der Waals surface area contributed by atoms with Crippen LogP contribution in [0.15, 0.2) is 0 Å². The molecule has 21 heavy (non-hydrogen) atoms. The lowest BCUT2D eigenvalue weighted by atomic mass is 9.40. The maximum atomic E-state index is 12.3. The molecule has 0 aromatic heterocycles. The van der Waals surface area contributed by atoms with Crippen LogP contribution in [0.5, 0.6) is 0 Å². The van der Waals surface area contributed by atoms with Crippen LogP contribution in [0.3, 0.4) is 0 Å². The summed E-state index contributed by atoms with van der Waals surface area (Å²) in [5, 5.41) is 0. The van der Waals surface area contributed by atoms with Gasteiger partial charge in [0.25, 0.3) is 0 Å². The summed E-state index contributed by atoms with van der Waals surface area (Å²) in [7, 11) is 0. The van der Waals surface area contributed by atoms with Crippen LogP contribution in [-0.4, -0.2) is 12.5 Å². The Morgan fingerprint density at radius 2 is 1.76 bits per heavy atom. The molecule has 0 aromatic rings. The predicted molar refractivity (Wildman–Crippen MR) is 83.4 cm³/mol. The second-order valence-electron chi connectivity index (χ2n) is 9.54. The van der Waals surface area contributed by atoms with Crippen molar-refractivity contribution in [2.45, 2.75) is 72.6 Å². The first-order valence-corrected chi connectivity index (χ1v) is 8.62. The van der Waals surface area contributed by atoms with Gasteiger partial charge < -0.3 is 0 Å². The number of hydroxylamine groups is 1. The fourth-order valence-electron chi connectivity index (χ4n) is 6.55. The quantitative estimate of drug-likeness (QED) is 0.776. The van der Waals surface area contributed by atoms with Crippen molar-refractivity contribution in [1.29, 1.82) is 0 Å². The topological polar surface area (TPSA) is 38.3 Å². The van der Waals surface area contributed by atoms with Gasteiger partial charge in [-0.1, -0.05) is 27.7 Å². The molecule has 4 aliphatic carbocycles. The van der Waals surface area contributed by atoms with E-state index in [9.17, 15) is 4.79 Å². The smallest absolute Gasteiger partial charge is 0.244 e. The minimum absolute atomic E-state index is 0.0878. The summed E-state index contributed by atoms with van der Waals surface area (Å²) < 4.78 is 0. The first kappa shape index (κ1) is 15.3. The van der Waals surface area contributed by atoms with E-state index in [0.29, 0.717) is 29.8 Å². The molecule has 3 heteroatoms. The third-order valence-electron chi connectivity index (χ3n) is 5.88. The molecular formula is C18H31NO2. The zero-order chi connectivity index (χ0) is 15.3. The average Bonchev–Trinajstić information content (AvgIpc) is 2.21. The summed E-state index contributed by atoms with van der Waals surface area (Å²) in [6, 6.07) is 0. The number of amides is 1. The summed E-state index contributed by atoms with van der Waals surface area (Å²) in [5.74, 6) is 1.38. The Labute approximate surface area is 129 Å². The molecule has 1 amide bonds. The first-order valence-electron chi connectivity index (χ1n) is 8.62. The summed E-state index contributed by atoms with van der Waals surface area (Å²) in [6.07, 6.45) is 8.53. The van der Waals surface area contributed by atoms with Crippen LogP contribution in [0.4, 0.5) is 0 Å². The minimum Gasteiger partial charge on any atom is -0.273 e. The molecular weight excluding hydrogens is 262 g/mol. The van der Waals surface area contributed by atoms with E-state index in [-0.39, 0.29) is 11.3 Å². The fraction of sp³-hybridized carbons (Fsp3) is 0.944. The summed E-state index contributed by atoms with van der Waals surface area (Å²) in [5.41, 5.74) is 3.88. The maximum absolute atomic E-state index is 12.3. The molecule has 4 aliphatic rings. The van der Waals surface area contributed by atoms with Gasteiger partial charge in [0, 0.05) is 6.42 Å². The van der Waals surface area contributed by atoms with Crippen molar-refractivity contribution >= 4 is 5.91 Å². The molecule has 0 aliphatic heterocycles. The summed E-state index contributed by atoms with van der Waals surface area (Å²) >= 11 is 0.